The van der Waals surface area contributed by atoms with Crippen LogP contribution in [0.2, 0.25) is 0 Å². The molecule has 0 spiro atoms. The molecule has 0 heterocycles. The number of esters is 1. The summed E-state index contributed by atoms with van der Waals surface area (Å²) in [5.41, 5.74) is 0.497. The van der Waals surface area contributed by atoms with E-state index in [0.717, 1.165) is 0 Å². The summed E-state index contributed by atoms with van der Waals surface area (Å²) in [5.74, 6) is -1.08. The molecule has 0 amide bonds. The summed E-state index contributed by atoms with van der Waals surface area (Å²) >= 11 is 0. The van der Waals surface area contributed by atoms with Crippen molar-refractivity contribution in [3.8, 4) is 0 Å². The summed E-state index contributed by atoms with van der Waals surface area (Å²) in [4.78, 5) is 26.2. The first-order chi connectivity index (χ1) is 7.86. The molecule has 5 heteroatoms. The molecule has 0 saturated heterocycles. The van der Waals surface area contributed by atoms with E-state index in [0.29, 0.717) is 18.7 Å². The predicted molar refractivity (Wildman–Crippen MR) is 65.2 cm³/mol. The fraction of sp³-hybridized carbons (Fsp3) is 0.750. The van der Waals surface area contributed by atoms with E-state index in [4.69, 9.17) is 9.84 Å². The molecule has 0 rings (SSSR count). The molecule has 0 aliphatic carbocycles. The zero-order chi connectivity index (χ0) is 13.4. The second kappa shape index (κ2) is 7.81. The quantitative estimate of drug-likeness (QED) is 0.547. The first-order valence-corrected chi connectivity index (χ1v) is 5.78. The maximum absolute atomic E-state index is 11.2. The van der Waals surface area contributed by atoms with Crippen molar-refractivity contribution >= 4 is 17.7 Å². The highest BCUT2D eigenvalue weighted by Gasteiger charge is 2.18. The second-order valence-electron chi connectivity index (χ2n) is 4.33. The van der Waals surface area contributed by atoms with Crippen LogP contribution in [0.15, 0.2) is 4.99 Å². The van der Waals surface area contributed by atoms with E-state index >= 15 is 0 Å². The van der Waals surface area contributed by atoms with Crippen molar-refractivity contribution in [2.75, 3.05) is 6.61 Å². The smallest absolute Gasteiger partial charge is 0.328 e. The normalized spacial score (nSPS) is 13.6. The summed E-state index contributed by atoms with van der Waals surface area (Å²) in [6.45, 7) is 7.56. The number of carboxylic acid groups (broad SMARTS) is 1. The van der Waals surface area contributed by atoms with E-state index in [2.05, 4.69) is 4.99 Å². The first-order valence-electron chi connectivity index (χ1n) is 5.78. The molecule has 0 aromatic rings. The van der Waals surface area contributed by atoms with Gasteiger partial charge in [-0.05, 0) is 26.2 Å². The minimum Gasteiger partial charge on any atom is -0.480 e. The lowest BCUT2D eigenvalue weighted by molar-refractivity contribution is -0.142. The fourth-order valence-corrected chi connectivity index (χ4v) is 1.39. The molecule has 1 N–H and O–H groups in total. The predicted octanol–water partition coefficient (Wildman–Crippen LogP) is 1.90. The zero-order valence-electron chi connectivity index (χ0n) is 10.9. The highest BCUT2D eigenvalue weighted by molar-refractivity contribution is 5.98. The Morgan fingerprint density at radius 1 is 1.35 bits per heavy atom. The minimum atomic E-state index is -0.957. The summed E-state index contributed by atoms with van der Waals surface area (Å²) in [6, 6.07) is -0.774. The monoisotopic (exact) mass is 243 g/mol. The van der Waals surface area contributed by atoms with Crippen LogP contribution in [-0.2, 0) is 14.3 Å². The van der Waals surface area contributed by atoms with Gasteiger partial charge in [-0.3, -0.25) is 9.79 Å². The third kappa shape index (κ3) is 7.49. The topological polar surface area (TPSA) is 76.0 Å². The van der Waals surface area contributed by atoms with Gasteiger partial charge in [-0.1, -0.05) is 13.8 Å². The number of nitrogens with zero attached hydrogens (tertiary/aromatic N) is 1. The third-order valence-electron chi connectivity index (χ3n) is 2.06. The van der Waals surface area contributed by atoms with E-state index in [-0.39, 0.29) is 18.3 Å². The molecule has 0 saturated carbocycles. The number of ether oxygens (including phenoxy) is 1. The summed E-state index contributed by atoms with van der Waals surface area (Å²) < 4.78 is 4.77. The first kappa shape index (κ1) is 15.6. The van der Waals surface area contributed by atoms with Gasteiger partial charge in [-0.2, -0.15) is 0 Å². The Labute approximate surface area is 102 Å². The molecule has 0 radical (unpaired) electrons. The summed E-state index contributed by atoms with van der Waals surface area (Å²) in [7, 11) is 0. The van der Waals surface area contributed by atoms with Crippen molar-refractivity contribution < 1.29 is 19.4 Å². The van der Waals surface area contributed by atoms with Crippen LogP contribution in [0, 0.1) is 5.92 Å². The van der Waals surface area contributed by atoms with E-state index in [1.807, 2.05) is 13.8 Å². The van der Waals surface area contributed by atoms with Gasteiger partial charge in [-0.25, -0.2) is 4.79 Å². The van der Waals surface area contributed by atoms with Crippen molar-refractivity contribution in [1.29, 1.82) is 0 Å². The summed E-state index contributed by atoms with van der Waals surface area (Å²) in [6.07, 6.45) is 0.519. The van der Waals surface area contributed by atoms with Crippen LogP contribution in [0.3, 0.4) is 0 Å². The van der Waals surface area contributed by atoms with Gasteiger partial charge in [0.1, 0.15) is 6.04 Å². The van der Waals surface area contributed by atoms with E-state index in [9.17, 15) is 9.59 Å². The number of aliphatic carboxylic acids is 1. The van der Waals surface area contributed by atoms with Crippen LogP contribution in [0.5, 0.6) is 0 Å². The lowest BCUT2D eigenvalue weighted by Gasteiger charge is -2.11. The molecule has 0 aliphatic heterocycles. The molecular formula is C12H21NO4. The van der Waals surface area contributed by atoms with Gasteiger partial charge in [0.05, 0.1) is 13.0 Å². The Balaban J connectivity index is 4.48. The lowest BCUT2D eigenvalue weighted by atomic mass is 10.0. The minimum absolute atomic E-state index is 0.0513. The van der Waals surface area contributed by atoms with Gasteiger partial charge >= 0.3 is 11.9 Å². The average molecular weight is 243 g/mol. The van der Waals surface area contributed by atoms with E-state index in [1.165, 1.54) is 0 Å². The summed E-state index contributed by atoms with van der Waals surface area (Å²) in [5, 5.41) is 8.99. The second-order valence-corrected chi connectivity index (χ2v) is 4.33. The molecule has 0 aliphatic rings. The number of carboxylic acids is 1. The maximum Gasteiger partial charge on any atom is 0.328 e. The zero-order valence-corrected chi connectivity index (χ0v) is 10.9. The van der Waals surface area contributed by atoms with Crippen molar-refractivity contribution in [3.63, 3.8) is 0 Å². The molecule has 1 atom stereocenters. The van der Waals surface area contributed by atoms with Crippen molar-refractivity contribution in [3.05, 3.63) is 0 Å². The number of carbonyl (C=O) groups excluding carboxylic acids is 1. The van der Waals surface area contributed by atoms with Gasteiger partial charge < -0.3 is 9.84 Å². The number of aliphatic imine (C=N–C) groups is 1. The highest BCUT2D eigenvalue weighted by atomic mass is 16.5. The largest absolute Gasteiger partial charge is 0.480 e. The van der Waals surface area contributed by atoms with Crippen molar-refractivity contribution in [2.45, 2.75) is 46.6 Å². The SMILES string of the molecule is CCOC(=O)CC(C)=N[C@@H](CC(C)C)C(=O)O. The molecule has 0 bridgehead atoms. The van der Waals surface area contributed by atoms with Gasteiger partial charge in [-0.15, -0.1) is 0 Å². The van der Waals surface area contributed by atoms with Crippen LogP contribution in [-0.4, -0.2) is 35.4 Å². The van der Waals surface area contributed by atoms with Gasteiger partial charge in [0.25, 0.3) is 0 Å². The highest BCUT2D eigenvalue weighted by Crippen LogP contribution is 2.09. The van der Waals surface area contributed by atoms with Crippen LogP contribution in [0.25, 0.3) is 0 Å². The number of hydrogen-bond acceptors (Lipinski definition) is 4. The molecule has 17 heavy (non-hydrogen) atoms. The number of rotatable bonds is 7. The van der Waals surface area contributed by atoms with Gasteiger partial charge in [0, 0.05) is 5.71 Å². The van der Waals surface area contributed by atoms with Crippen LogP contribution in [0.4, 0.5) is 0 Å². The van der Waals surface area contributed by atoms with Gasteiger partial charge in [0.15, 0.2) is 0 Å². The number of hydrogen-bond donors (Lipinski definition) is 1. The molecule has 0 aromatic heterocycles. The standard InChI is InChI=1S/C12H21NO4/c1-5-17-11(14)7-9(4)13-10(12(15)16)6-8(2)3/h8,10H,5-7H2,1-4H3,(H,15,16)/t10-/m0/s1. The Bertz CT molecular complexity index is 297. The molecule has 0 unspecified atom stereocenters. The Morgan fingerprint density at radius 2 is 1.94 bits per heavy atom. The van der Waals surface area contributed by atoms with E-state index < -0.39 is 12.0 Å². The van der Waals surface area contributed by atoms with Crippen molar-refractivity contribution in [1.82, 2.24) is 0 Å². The van der Waals surface area contributed by atoms with Crippen molar-refractivity contribution in [2.24, 2.45) is 10.9 Å². The van der Waals surface area contributed by atoms with Crippen LogP contribution < -0.4 is 0 Å². The van der Waals surface area contributed by atoms with Crippen LogP contribution >= 0.6 is 0 Å². The Kier molecular flexibility index (Phi) is 7.18. The van der Waals surface area contributed by atoms with Crippen LogP contribution in [0.1, 0.15) is 40.5 Å². The molecular weight excluding hydrogens is 222 g/mol. The number of carbonyl (C=O) groups is 2. The Hall–Kier alpha value is -1.39. The molecule has 0 fully saturated rings. The molecule has 0 aromatic carbocycles. The lowest BCUT2D eigenvalue weighted by Crippen LogP contribution is -2.22. The molecule has 98 valence electrons. The molecule has 5 nitrogen and oxygen atoms in total. The Morgan fingerprint density at radius 3 is 2.35 bits per heavy atom. The third-order valence-corrected chi connectivity index (χ3v) is 2.06. The maximum atomic E-state index is 11.2. The fourth-order valence-electron chi connectivity index (χ4n) is 1.39. The van der Waals surface area contributed by atoms with Gasteiger partial charge in [0.2, 0.25) is 0 Å². The average Bonchev–Trinajstić information content (AvgIpc) is 2.15. The van der Waals surface area contributed by atoms with E-state index in [1.54, 1.807) is 13.8 Å².